The third-order valence-electron chi connectivity index (χ3n) is 11.7. The number of hydrogen-bond acceptors (Lipinski definition) is 6. The molecule has 0 saturated carbocycles. The number of carbonyl (C=O) groups excluding carboxylic acids is 3. The van der Waals surface area contributed by atoms with Gasteiger partial charge in [-0.15, -0.1) is 0 Å². The minimum Gasteiger partial charge on any atom is -0.462 e. The van der Waals surface area contributed by atoms with Crippen molar-refractivity contribution < 1.29 is 28.6 Å². The molecule has 0 aromatic heterocycles. The van der Waals surface area contributed by atoms with Crippen molar-refractivity contribution in [3.05, 3.63) is 0 Å². The van der Waals surface area contributed by atoms with Crippen LogP contribution in [0.2, 0.25) is 0 Å². The Morgan fingerprint density at radius 2 is 0.569 bits per heavy atom. The van der Waals surface area contributed by atoms with Crippen molar-refractivity contribution >= 4 is 17.9 Å². The van der Waals surface area contributed by atoms with E-state index in [0.717, 1.165) is 69.6 Å². The number of esters is 3. The molecule has 344 valence electrons. The molecule has 0 aliphatic heterocycles. The molecule has 0 radical (unpaired) electrons. The molecule has 1 atom stereocenters. The molecule has 0 bridgehead atoms. The molecule has 58 heavy (non-hydrogen) atoms. The van der Waals surface area contributed by atoms with Crippen LogP contribution in [-0.2, 0) is 28.6 Å². The Balaban J connectivity index is 4.25. The van der Waals surface area contributed by atoms with E-state index >= 15 is 0 Å². The Kier molecular flexibility index (Phi) is 43.7. The molecule has 6 nitrogen and oxygen atoms in total. The summed E-state index contributed by atoms with van der Waals surface area (Å²) in [6.45, 7) is 11.3. The minimum absolute atomic E-state index is 0.0639. The zero-order valence-corrected chi connectivity index (χ0v) is 39.7. The zero-order chi connectivity index (χ0) is 42.6. The van der Waals surface area contributed by atoms with Crippen molar-refractivity contribution in [3.63, 3.8) is 0 Å². The maximum atomic E-state index is 12.7. The van der Waals surface area contributed by atoms with Crippen LogP contribution in [0.25, 0.3) is 0 Å². The first-order valence-corrected chi connectivity index (χ1v) is 25.7. The van der Waals surface area contributed by atoms with Gasteiger partial charge in [0.15, 0.2) is 6.10 Å². The van der Waals surface area contributed by atoms with E-state index in [1.807, 2.05) is 0 Å². The fourth-order valence-electron chi connectivity index (χ4n) is 7.81. The van der Waals surface area contributed by atoms with Crippen LogP contribution < -0.4 is 0 Å². The van der Waals surface area contributed by atoms with Crippen LogP contribution in [0.5, 0.6) is 0 Å². The molecule has 0 N–H and O–H groups in total. The molecule has 0 aliphatic rings. The van der Waals surface area contributed by atoms with Crippen molar-refractivity contribution in [1.82, 2.24) is 0 Å². The topological polar surface area (TPSA) is 78.9 Å². The van der Waals surface area contributed by atoms with E-state index in [1.165, 1.54) is 173 Å². The quantitative estimate of drug-likeness (QED) is 0.0346. The summed E-state index contributed by atoms with van der Waals surface area (Å²) in [4.78, 5) is 37.9. The molecule has 0 heterocycles. The first kappa shape index (κ1) is 56.4. The van der Waals surface area contributed by atoms with Gasteiger partial charge in [0.1, 0.15) is 13.2 Å². The fraction of sp³-hybridized carbons (Fsp3) is 0.942. The zero-order valence-electron chi connectivity index (χ0n) is 39.7. The lowest BCUT2D eigenvalue weighted by atomic mass is 10.0. The number of rotatable bonds is 46. The molecule has 0 spiro atoms. The van der Waals surface area contributed by atoms with Gasteiger partial charge >= 0.3 is 17.9 Å². The molecule has 0 rings (SSSR count). The van der Waals surface area contributed by atoms with Crippen LogP contribution in [0.4, 0.5) is 0 Å². The lowest BCUT2D eigenvalue weighted by Gasteiger charge is -2.18. The number of hydrogen-bond donors (Lipinski definition) is 0. The van der Waals surface area contributed by atoms with Crippen LogP contribution in [0, 0.1) is 11.8 Å². The van der Waals surface area contributed by atoms with Gasteiger partial charge in [-0.3, -0.25) is 14.4 Å². The Morgan fingerprint density at radius 3 is 0.845 bits per heavy atom. The van der Waals surface area contributed by atoms with E-state index in [9.17, 15) is 14.4 Å². The van der Waals surface area contributed by atoms with Gasteiger partial charge in [-0.25, -0.2) is 0 Å². The number of unbranched alkanes of at least 4 members (excludes halogenated alkanes) is 31. The van der Waals surface area contributed by atoms with E-state index in [2.05, 4.69) is 34.6 Å². The van der Waals surface area contributed by atoms with E-state index in [4.69, 9.17) is 14.2 Å². The summed E-state index contributed by atoms with van der Waals surface area (Å²) in [5.41, 5.74) is 0. The highest BCUT2D eigenvalue weighted by atomic mass is 16.6. The Labute approximate surface area is 361 Å². The second kappa shape index (κ2) is 44.9. The average molecular weight is 821 g/mol. The Hall–Kier alpha value is -1.59. The maximum absolute atomic E-state index is 12.7. The molecule has 0 fully saturated rings. The highest BCUT2D eigenvalue weighted by Gasteiger charge is 2.19. The molecule has 6 heteroatoms. The molecule has 0 saturated heterocycles. The molecular formula is C52H100O6. The first-order valence-electron chi connectivity index (χ1n) is 25.7. The van der Waals surface area contributed by atoms with Crippen molar-refractivity contribution in [2.45, 2.75) is 291 Å². The van der Waals surface area contributed by atoms with Gasteiger partial charge in [0, 0.05) is 19.3 Å². The summed E-state index contributed by atoms with van der Waals surface area (Å²) in [6, 6.07) is 0. The van der Waals surface area contributed by atoms with Gasteiger partial charge in [0.25, 0.3) is 0 Å². The Morgan fingerprint density at radius 1 is 0.328 bits per heavy atom. The largest absolute Gasteiger partial charge is 0.462 e. The predicted molar refractivity (Wildman–Crippen MR) is 247 cm³/mol. The lowest BCUT2D eigenvalue weighted by Crippen LogP contribution is -2.30. The summed E-state index contributed by atoms with van der Waals surface area (Å²) < 4.78 is 16.8. The monoisotopic (exact) mass is 821 g/mol. The van der Waals surface area contributed by atoms with E-state index in [0.29, 0.717) is 19.3 Å². The van der Waals surface area contributed by atoms with Gasteiger partial charge in [0.2, 0.25) is 0 Å². The third-order valence-corrected chi connectivity index (χ3v) is 11.7. The van der Waals surface area contributed by atoms with E-state index < -0.39 is 6.10 Å². The second-order valence-electron chi connectivity index (χ2n) is 18.8. The summed E-state index contributed by atoms with van der Waals surface area (Å²) in [7, 11) is 0. The van der Waals surface area contributed by atoms with Crippen LogP contribution >= 0.6 is 0 Å². The third kappa shape index (κ3) is 45.5. The predicted octanol–water partition coefficient (Wildman–Crippen LogP) is 16.5. The maximum Gasteiger partial charge on any atom is 0.306 e. The summed E-state index contributed by atoms with van der Waals surface area (Å²) in [5.74, 6) is 0.795. The first-order chi connectivity index (χ1) is 28.2. The van der Waals surface area contributed by atoms with Crippen LogP contribution in [-0.4, -0.2) is 37.2 Å². The molecule has 0 unspecified atom stereocenters. The highest BCUT2D eigenvalue weighted by molar-refractivity contribution is 5.71. The Bertz CT molecular complexity index is 885. The van der Waals surface area contributed by atoms with Crippen LogP contribution in [0.1, 0.15) is 285 Å². The summed E-state index contributed by atoms with van der Waals surface area (Å²) in [6.07, 6.45) is 45.2. The van der Waals surface area contributed by atoms with Crippen molar-refractivity contribution in [2.75, 3.05) is 13.2 Å². The molecule has 0 aromatic rings. The standard InChI is InChI=1S/C52H100O6/c1-6-7-8-9-10-11-17-22-29-34-39-44-52(55)58-49(46-57-51(54)43-38-33-28-24-23-26-31-36-41-48(4)5)45-56-50(53)42-37-32-27-21-19-16-14-12-13-15-18-20-25-30-35-40-47(2)3/h47-49H,6-46H2,1-5H3/t49-/m0/s1. The lowest BCUT2D eigenvalue weighted by molar-refractivity contribution is -0.167. The smallest absolute Gasteiger partial charge is 0.306 e. The summed E-state index contributed by atoms with van der Waals surface area (Å²) in [5, 5.41) is 0. The van der Waals surface area contributed by atoms with E-state index in [1.54, 1.807) is 0 Å². The highest BCUT2D eigenvalue weighted by Crippen LogP contribution is 2.17. The molecule has 0 aliphatic carbocycles. The van der Waals surface area contributed by atoms with Gasteiger partial charge < -0.3 is 14.2 Å². The molecule has 0 amide bonds. The minimum atomic E-state index is -0.761. The number of carbonyl (C=O) groups is 3. The number of ether oxygens (including phenoxy) is 3. The van der Waals surface area contributed by atoms with Crippen molar-refractivity contribution in [2.24, 2.45) is 11.8 Å². The fourth-order valence-corrected chi connectivity index (χ4v) is 7.81. The second-order valence-corrected chi connectivity index (χ2v) is 18.8. The van der Waals surface area contributed by atoms with Gasteiger partial charge in [-0.2, -0.15) is 0 Å². The van der Waals surface area contributed by atoms with Crippen molar-refractivity contribution in [3.8, 4) is 0 Å². The van der Waals surface area contributed by atoms with Crippen LogP contribution in [0.15, 0.2) is 0 Å². The van der Waals surface area contributed by atoms with Gasteiger partial charge in [0.05, 0.1) is 0 Å². The van der Waals surface area contributed by atoms with Gasteiger partial charge in [-0.05, 0) is 31.1 Å². The summed E-state index contributed by atoms with van der Waals surface area (Å²) >= 11 is 0. The van der Waals surface area contributed by atoms with Crippen LogP contribution in [0.3, 0.4) is 0 Å². The van der Waals surface area contributed by atoms with Crippen molar-refractivity contribution in [1.29, 1.82) is 0 Å². The SMILES string of the molecule is CCCCCCCCCCCCCC(=O)O[C@@H](COC(=O)CCCCCCCCCCCCCCCCCC(C)C)COC(=O)CCCCCCCCCCC(C)C. The molecule has 0 aromatic carbocycles. The normalized spacial score (nSPS) is 12.1. The molecular weight excluding hydrogens is 721 g/mol. The van der Waals surface area contributed by atoms with Gasteiger partial charge in [-0.1, -0.05) is 247 Å². The average Bonchev–Trinajstić information content (AvgIpc) is 3.19. The van der Waals surface area contributed by atoms with E-state index in [-0.39, 0.29) is 31.1 Å².